The molecule has 0 aliphatic carbocycles. The maximum atomic E-state index is 13.6. The van der Waals surface area contributed by atoms with Gasteiger partial charge in [0, 0.05) is 12.1 Å². The number of ether oxygens (including phenoxy) is 1. The van der Waals surface area contributed by atoms with Crippen LogP contribution in [0.25, 0.3) is 0 Å². The highest BCUT2D eigenvalue weighted by molar-refractivity contribution is 5.20. The lowest BCUT2D eigenvalue weighted by molar-refractivity contribution is -0.0202. The van der Waals surface area contributed by atoms with Crippen LogP contribution in [0.3, 0.4) is 0 Å². The van der Waals surface area contributed by atoms with Gasteiger partial charge in [-0.15, -0.1) is 0 Å². The van der Waals surface area contributed by atoms with Gasteiger partial charge in [0.05, 0.1) is 12.7 Å². The van der Waals surface area contributed by atoms with Crippen molar-refractivity contribution in [2.45, 2.75) is 19.3 Å². The molecule has 0 radical (unpaired) electrons. The van der Waals surface area contributed by atoms with E-state index in [0.717, 1.165) is 6.54 Å². The monoisotopic (exact) mass is 225 g/mol. The molecule has 1 aromatic carbocycles. The first-order valence-corrected chi connectivity index (χ1v) is 5.51. The van der Waals surface area contributed by atoms with Crippen LogP contribution in [0, 0.1) is 5.82 Å². The van der Waals surface area contributed by atoms with E-state index in [4.69, 9.17) is 9.84 Å². The van der Waals surface area contributed by atoms with Crippen LogP contribution in [0.2, 0.25) is 0 Å². The van der Waals surface area contributed by atoms with Gasteiger partial charge in [-0.25, -0.2) is 4.39 Å². The van der Waals surface area contributed by atoms with Crippen LogP contribution in [0.4, 0.5) is 4.39 Å². The van der Waals surface area contributed by atoms with Crippen molar-refractivity contribution in [1.82, 2.24) is 4.90 Å². The average Bonchev–Trinajstić information content (AvgIpc) is 2.72. The summed E-state index contributed by atoms with van der Waals surface area (Å²) in [6.45, 7) is 3.39. The van der Waals surface area contributed by atoms with E-state index in [-0.39, 0.29) is 24.8 Å². The zero-order chi connectivity index (χ0) is 11.5. The van der Waals surface area contributed by atoms with Crippen LogP contribution in [0.1, 0.15) is 18.7 Å². The van der Waals surface area contributed by atoms with Gasteiger partial charge in [0.15, 0.2) is 0 Å². The SMILES string of the molecule is CCN1CC(CO)OC1c1ccccc1F. The molecule has 2 atom stereocenters. The summed E-state index contributed by atoms with van der Waals surface area (Å²) in [6.07, 6.45) is -0.590. The van der Waals surface area contributed by atoms with E-state index in [1.54, 1.807) is 18.2 Å². The smallest absolute Gasteiger partial charge is 0.140 e. The lowest BCUT2D eigenvalue weighted by atomic mass is 10.2. The number of nitrogens with zero attached hydrogens (tertiary/aromatic N) is 1. The third kappa shape index (κ3) is 2.09. The highest BCUT2D eigenvalue weighted by atomic mass is 19.1. The summed E-state index contributed by atoms with van der Waals surface area (Å²) in [4.78, 5) is 2.01. The Morgan fingerprint density at radius 2 is 2.25 bits per heavy atom. The second-order valence-electron chi connectivity index (χ2n) is 3.90. The molecule has 1 aromatic rings. The highest BCUT2D eigenvalue weighted by Crippen LogP contribution is 2.31. The fourth-order valence-corrected chi connectivity index (χ4v) is 2.01. The van der Waals surface area contributed by atoms with Crippen molar-refractivity contribution in [3.05, 3.63) is 35.6 Å². The Labute approximate surface area is 94.4 Å². The lowest BCUT2D eigenvalue weighted by Gasteiger charge is -2.21. The number of rotatable bonds is 3. The molecule has 0 saturated carbocycles. The summed E-state index contributed by atoms with van der Waals surface area (Å²) in [5.41, 5.74) is 0.542. The molecule has 0 aromatic heterocycles. The Hall–Kier alpha value is -0.970. The van der Waals surface area contributed by atoms with Crippen LogP contribution < -0.4 is 0 Å². The Morgan fingerprint density at radius 3 is 2.88 bits per heavy atom. The molecule has 2 unspecified atom stereocenters. The molecular weight excluding hydrogens is 209 g/mol. The van der Waals surface area contributed by atoms with Crippen LogP contribution in [0.15, 0.2) is 24.3 Å². The van der Waals surface area contributed by atoms with Crippen molar-refractivity contribution in [2.75, 3.05) is 19.7 Å². The van der Waals surface area contributed by atoms with Crippen LogP contribution in [-0.2, 0) is 4.74 Å². The van der Waals surface area contributed by atoms with Gasteiger partial charge in [-0.1, -0.05) is 25.1 Å². The number of hydrogen-bond donors (Lipinski definition) is 1. The van der Waals surface area contributed by atoms with E-state index in [0.29, 0.717) is 12.1 Å². The number of aliphatic hydroxyl groups is 1. The zero-order valence-corrected chi connectivity index (χ0v) is 9.27. The predicted octanol–water partition coefficient (Wildman–Crippen LogP) is 1.54. The molecule has 1 saturated heterocycles. The van der Waals surface area contributed by atoms with Crippen LogP contribution >= 0.6 is 0 Å². The fraction of sp³-hybridized carbons (Fsp3) is 0.500. The van der Waals surface area contributed by atoms with E-state index in [1.165, 1.54) is 6.07 Å². The summed E-state index contributed by atoms with van der Waals surface area (Å²) < 4.78 is 19.2. The van der Waals surface area contributed by atoms with E-state index in [9.17, 15) is 4.39 Å². The average molecular weight is 225 g/mol. The second kappa shape index (κ2) is 4.91. The fourth-order valence-electron chi connectivity index (χ4n) is 2.01. The molecule has 0 amide bonds. The molecule has 1 aliphatic heterocycles. The molecule has 16 heavy (non-hydrogen) atoms. The van der Waals surface area contributed by atoms with Gasteiger partial charge in [0.1, 0.15) is 12.0 Å². The van der Waals surface area contributed by atoms with Gasteiger partial charge in [-0.05, 0) is 12.6 Å². The first-order valence-electron chi connectivity index (χ1n) is 5.51. The summed E-state index contributed by atoms with van der Waals surface area (Å²) in [5.74, 6) is -0.260. The molecule has 3 nitrogen and oxygen atoms in total. The van der Waals surface area contributed by atoms with E-state index < -0.39 is 0 Å². The first kappa shape index (κ1) is 11.5. The van der Waals surface area contributed by atoms with Crippen molar-refractivity contribution in [3.8, 4) is 0 Å². The molecule has 1 heterocycles. The molecule has 4 heteroatoms. The van der Waals surface area contributed by atoms with Gasteiger partial charge >= 0.3 is 0 Å². The molecular formula is C12H16FNO2. The quantitative estimate of drug-likeness (QED) is 0.847. The van der Waals surface area contributed by atoms with Crippen molar-refractivity contribution in [2.24, 2.45) is 0 Å². The lowest BCUT2D eigenvalue weighted by Crippen LogP contribution is -2.25. The minimum absolute atomic E-state index is 0.0263. The highest BCUT2D eigenvalue weighted by Gasteiger charge is 2.33. The largest absolute Gasteiger partial charge is 0.394 e. The molecule has 2 rings (SSSR count). The Balaban J connectivity index is 2.23. The molecule has 1 aliphatic rings. The minimum Gasteiger partial charge on any atom is -0.394 e. The minimum atomic E-state index is -0.372. The number of likely N-dealkylation sites (N-methyl/N-ethyl adjacent to an activating group) is 1. The third-order valence-corrected chi connectivity index (χ3v) is 2.87. The number of aliphatic hydroxyl groups excluding tert-OH is 1. The number of halogens is 1. The van der Waals surface area contributed by atoms with Gasteiger partial charge in [-0.2, -0.15) is 0 Å². The normalized spacial score (nSPS) is 26.2. The van der Waals surface area contributed by atoms with Crippen molar-refractivity contribution >= 4 is 0 Å². The van der Waals surface area contributed by atoms with Crippen molar-refractivity contribution in [1.29, 1.82) is 0 Å². The molecule has 0 spiro atoms. The second-order valence-corrected chi connectivity index (χ2v) is 3.90. The summed E-state index contributed by atoms with van der Waals surface area (Å²) in [7, 11) is 0. The van der Waals surface area contributed by atoms with Crippen molar-refractivity contribution < 1.29 is 14.2 Å². The van der Waals surface area contributed by atoms with Gasteiger partial charge in [0.25, 0.3) is 0 Å². The Bertz CT molecular complexity index is 359. The maximum Gasteiger partial charge on any atom is 0.140 e. The molecule has 1 N–H and O–H groups in total. The van der Waals surface area contributed by atoms with Gasteiger partial charge in [0.2, 0.25) is 0 Å². The van der Waals surface area contributed by atoms with Gasteiger partial charge in [-0.3, -0.25) is 4.90 Å². The molecule has 1 fully saturated rings. The van der Waals surface area contributed by atoms with E-state index in [2.05, 4.69) is 0 Å². The van der Waals surface area contributed by atoms with Crippen LogP contribution in [-0.4, -0.2) is 35.8 Å². The Morgan fingerprint density at radius 1 is 1.50 bits per heavy atom. The third-order valence-electron chi connectivity index (χ3n) is 2.87. The molecule has 88 valence electrons. The predicted molar refractivity (Wildman–Crippen MR) is 58.3 cm³/mol. The van der Waals surface area contributed by atoms with Crippen LogP contribution in [0.5, 0.6) is 0 Å². The van der Waals surface area contributed by atoms with Crippen molar-refractivity contribution in [3.63, 3.8) is 0 Å². The molecule has 0 bridgehead atoms. The summed E-state index contributed by atoms with van der Waals surface area (Å²) >= 11 is 0. The Kier molecular flexibility index (Phi) is 3.53. The zero-order valence-electron chi connectivity index (χ0n) is 9.27. The maximum absolute atomic E-state index is 13.6. The van der Waals surface area contributed by atoms with E-state index >= 15 is 0 Å². The first-order chi connectivity index (χ1) is 7.76. The summed E-state index contributed by atoms with van der Waals surface area (Å²) in [5, 5.41) is 9.07. The number of benzene rings is 1. The van der Waals surface area contributed by atoms with Gasteiger partial charge < -0.3 is 9.84 Å². The topological polar surface area (TPSA) is 32.7 Å². The number of hydrogen-bond acceptors (Lipinski definition) is 3. The standard InChI is InChI=1S/C12H16FNO2/c1-2-14-7-9(8-15)16-12(14)10-5-3-4-6-11(10)13/h3-6,9,12,15H,2,7-8H2,1H3. The van der Waals surface area contributed by atoms with E-state index in [1.807, 2.05) is 11.8 Å². The summed E-state index contributed by atoms with van der Waals surface area (Å²) in [6, 6.07) is 6.61.